The number of nitrogens with zero attached hydrogens (tertiary/aromatic N) is 1. The van der Waals surface area contributed by atoms with Gasteiger partial charge in [0, 0.05) is 0 Å². The lowest BCUT2D eigenvalue weighted by molar-refractivity contribution is 0.0697. The molecule has 6 heteroatoms. The van der Waals surface area contributed by atoms with Crippen LogP contribution in [0.4, 0.5) is 11.4 Å². The molecule has 0 spiro atoms. The van der Waals surface area contributed by atoms with Crippen molar-refractivity contribution < 1.29 is 18.3 Å². The van der Waals surface area contributed by atoms with Gasteiger partial charge in [0.1, 0.15) is 0 Å². The molecule has 0 fully saturated rings. The van der Waals surface area contributed by atoms with Gasteiger partial charge in [-0.25, -0.2) is 17.5 Å². The van der Waals surface area contributed by atoms with E-state index in [9.17, 15) is 13.2 Å². The molecule has 0 aliphatic carbocycles. The topological polar surface area (TPSA) is 74.7 Å². The summed E-state index contributed by atoms with van der Waals surface area (Å²) in [6.45, 7) is 1.74. The minimum Gasteiger partial charge on any atom is -0.478 e. The SMILES string of the molecule is Cc1ccc(C(=O)O)cc1N(c1ccccc1)S(C)(=O)=O. The van der Waals surface area contributed by atoms with E-state index in [1.807, 2.05) is 0 Å². The van der Waals surface area contributed by atoms with Crippen LogP contribution in [0.1, 0.15) is 15.9 Å². The van der Waals surface area contributed by atoms with Crippen LogP contribution < -0.4 is 4.31 Å². The van der Waals surface area contributed by atoms with E-state index in [0.717, 1.165) is 10.6 Å². The van der Waals surface area contributed by atoms with Crippen LogP contribution in [0.25, 0.3) is 0 Å². The molecule has 0 saturated heterocycles. The van der Waals surface area contributed by atoms with Crippen LogP contribution in [0.5, 0.6) is 0 Å². The molecule has 0 unspecified atom stereocenters. The molecule has 110 valence electrons. The molecule has 1 N–H and O–H groups in total. The zero-order chi connectivity index (χ0) is 15.6. The highest BCUT2D eigenvalue weighted by Crippen LogP contribution is 2.31. The lowest BCUT2D eigenvalue weighted by atomic mass is 10.1. The van der Waals surface area contributed by atoms with Gasteiger partial charge in [0.15, 0.2) is 0 Å². The Bertz CT molecular complexity index is 770. The van der Waals surface area contributed by atoms with Crippen molar-refractivity contribution in [2.24, 2.45) is 0 Å². The minimum absolute atomic E-state index is 0.0418. The second-order valence-corrected chi connectivity index (χ2v) is 6.50. The van der Waals surface area contributed by atoms with Gasteiger partial charge in [-0.15, -0.1) is 0 Å². The zero-order valence-electron chi connectivity index (χ0n) is 11.6. The van der Waals surface area contributed by atoms with Crippen molar-refractivity contribution in [2.75, 3.05) is 10.6 Å². The highest BCUT2D eigenvalue weighted by atomic mass is 32.2. The number of sulfonamides is 1. The number of hydrogen-bond acceptors (Lipinski definition) is 3. The van der Waals surface area contributed by atoms with Gasteiger partial charge in [0.25, 0.3) is 0 Å². The van der Waals surface area contributed by atoms with Crippen LogP contribution in [0.15, 0.2) is 48.5 Å². The molecule has 0 amide bonds. The molecule has 21 heavy (non-hydrogen) atoms. The Morgan fingerprint density at radius 2 is 1.71 bits per heavy atom. The first-order valence-corrected chi connectivity index (χ1v) is 8.05. The quantitative estimate of drug-likeness (QED) is 0.942. The number of carbonyl (C=O) groups is 1. The number of anilines is 2. The van der Waals surface area contributed by atoms with Crippen LogP contribution in [-0.4, -0.2) is 25.7 Å². The fraction of sp³-hybridized carbons (Fsp3) is 0.133. The third kappa shape index (κ3) is 3.22. The summed E-state index contributed by atoms with van der Waals surface area (Å²) in [5.74, 6) is -1.10. The number of para-hydroxylation sites is 1. The summed E-state index contributed by atoms with van der Waals surface area (Å²) in [5, 5.41) is 9.09. The molecule has 0 aromatic heterocycles. The van der Waals surface area contributed by atoms with E-state index >= 15 is 0 Å². The highest BCUT2D eigenvalue weighted by molar-refractivity contribution is 7.92. The maximum atomic E-state index is 12.1. The Labute approximate surface area is 123 Å². The third-order valence-corrected chi connectivity index (χ3v) is 4.07. The molecule has 0 bridgehead atoms. The predicted octanol–water partition coefficient (Wildman–Crippen LogP) is 2.79. The number of aromatic carboxylic acids is 1. The molecule has 0 saturated carbocycles. The maximum absolute atomic E-state index is 12.1. The van der Waals surface area contributed by atoms with Crippen molar-refractivity contribution in [1.82, 2.24) is 0 Å². The number of hydrogen-bond donors (Lipinski definition) is 1. The number of carboxylic acids is 1. The summed E-state index contributed by atoms with van der Waals surface area (Å²) in [4.78, 5) is 11.1. The molecule has 5 nitrogen and oxygen atoms in total. The molecular weight excluding hydrogens is 290 g/mol. The van der Waals surface area contributed by atoms with Crippen LogP contribution in [0.3, 0.4) is 0 Å². The molecule has 0 radical (unpaired) electrons. The Morgan fingerprint density at radius 3 is 2.24 bits per heavy atom. The van der Waals surface area contributed by atoms with Crippen molar-refractivity contribution in [3.63, 3.8) is 0 Å². The van der Waals surface area contributed by atoms with Gasteiger partial charge in [0.2, 0.25) is 10.0 Å². The van der Waals surface area contributed by atoms with Crippen molar-refractivity contribution in [1.29, 1.82) is 0 Å². The van der Waals surface area contributed by atoms with Gasteiger partial charge in [-0.3, -0.25) is 0 Å². The van der Waals surface area contributed by atoms with Crippen LogP contribution >= 0.6 is 0 Å². The standard InChI is InChI=1S/C15H15NO4S/c1-11-8-9-12(15(17)18)10-14(11)16(21(2,19)20)13-6-4-3-5-7-13/h3-10H,1-2H3,(H,17,18). The second kappa shape index (κ2) is 5.57. The largest absolute Gasteiger partial charge is 0.478 e. The first kappa shape index (κ1) is 15.1. The number of aryl methyl sites for hydroxylation is 1. The molecule has 2 rings (SSSR count). The van der Waals surface area contributed by atoms with E-state index in [0.29, 0.717) is 16.9 Å². The van der Waals surface area contributed by atoms with Crippen LogP contribution in [-0.2, 0) is 10.0 Å². The van der Waals surface area contributed by atoms with E-state index in [4.69, 9.17) is 5.11 Å². The summed E-state index contributed by atoms with van der Waals surface area (Å²) in [6, 6.07) is 13.0. The Hall–Kier alpha value is -2.34. The van der Waals surface area contributed by atoms with Crippen molar-refractivity contribution >= 4 is 27.4 Å². The minimum atomic E-state index is -3.60. The normalized spacial score (nSPS) is 11.1. The number of benzene rings is 2. The predicted molar refractivity (Wildman–Crippen MR) is 81.6 cm³/mol. The average molecular weight is 305 g/mol. The Morgan fingerprint density at radius 1 is 1.10 bits per heavy atom. The summed E-state index contributed by atoms with van der Waals surface area (Å²) in [5.41, 5.74) is 1.52. The summed E-state index contributed by atoms with van der Waals surface area (Å²) >= 11 is 0. The van der Waals surface area contributed by atoms with E-state index < -0.39 is 16.0 Å². The average Bonchev–Trinajstić information content (AvgIpc) is 2.40. The maximum Gasteiger partial charge on any atom is 0.335 e. The van der Waals surface area contributed by atoms with Gasteiger partial charge in [-0.1, -0.05) is 24.3 Å². The summed E-state index contributed by atoms with van der Waals surface area (Å²) < 4.78 is 25.4. The summed E-state index contributed by atoms with van der Waals surface area (Å²) in [6.07, 6.45) is 1.09. The zero-order valence-corrected chi connectivity index (χ0v) is 12.5. The fourth-order valence-electron chi connectivity index (χ4n) is 2.03. The molecule has 0 aliphatic heterocycles. The van der Waals surface area contributed by atoms with Crippen molar-refractivity contribution in [2.45, 2.75) is 6.92 Å². The van der Waals surface area contributed by atoms with E-state index in [1.165, 1.54) is 12.1 Å². The van der Waals surface area contributed by atoms with Gasteiger partial charge in [-0.05, 0) is 36.8 Å². The Balaban J connectivity index is 2.69. The third-order valence-electron chi connectivity index (χ3n) is 3.00. The van der Waals surface area contributed by atoms with Crippen LogP contribution in [0.2, 0.25) is 0 Å². The fourth-order valence-corrected chi connectivity index (χ4v) is 3.09. The van der Waals surface area contributed by atoms with Gasteiger partial charge >= 0.3 is 5.97 Å². The monoisotopic (exact) mass is 305 g/mol. The lowest BCUT2D eigenvalue weighted by Crippen LogP contribution is -2.25. The first-order valence-electron chi connectivity index (χ1n) is 6.20. The second-order valence-electron chi connectivity index (χ2n) is 4.67. The van der Waals surface area contributed by atoms with Gasteiger partial charge in [-0.2, -0.15) is 0 Å². The van der Waals surface area contributed by atoms with Gasteiger partial charge in [0.05, 0.1) is 23.2 Å². The molecule has 0 atom stereocenters. The van der Waals surface area contributed by atoms with Gasteiger partial charge < -0.3 is 5.11 Å². The molecule has 0 aliphatic rings. The molecule has 2 aromatic rings. The molecule has 2 aromatic carbocycles. The first-order chi connectivity index (χ1) is 9.80. The lowest BCUT2D eigenvalue weighted by Gasteiger charge is -2.24. The Kier molecular flexibility index (Phi) is 3.99. The van der Waals surface area contributed by atoms with Crippen molar-refractivity contribution in [3.05, 3.63) is 59.7 Å². The highest BCUT2D eigenvalue weighted by Gasteiger charge is 2.22. The summed E-state index contributed by atoms with van der Waals surface area (Å²) in [7, 11) is -3.60. The van der Waals surface area contributed by atoms with Crippen molar-refractivity contribution in [3.8, 4) is 0 Å². The van der Waals surface area contributed by atoms with E-state index in [-0.39, 0.29) is 5.56 Å². The van der Waals surface area contributed by atoms with E-state index in [1.54, 1.807) is 43.3 Å². The number of rotatable bonds is 4. The van der Waals surface area contributed by atoms with Crippen LogP contribution in [0, 0.1) is 6.92 Å². The smallest absolute Gasteiger partial charge is 0.335 e. The number of carboxylic acid groups (broad SMARTS) is 1. The van der Waals surface area contributed by atoms with E-state index in [2.05, 4.69) is 0 Å². The molecular formula is C15H15NO4S. The molecule has 0 heterocycles.